The first kappa shape index (κ1) is 55.4. The molecule has 0 aliphatic heterocycles. The molecule has 0 saturated heterocycles. The Bertz CT molecular complexity index is 2340. The number of aliphatic carboxylic acids is 3. The number of carbonyl (C=O) groups is 8. The molecule has 0 heterocycles. The van der Waals surface area contributed by atoms with Crippen molar-refractivity contribution in [1.29, 1.82) is 0 Å². The van der Waals surface area contributed by atoms with E-state index in [-0.39, 0.29) is 30.8 Å². The van der Waals surface area contributed by atoms with Gasteiger partial charge in [-0.15, -0.1) is 0 Å². The maximum absolute atomic E-state index is 13.2. The highest BCUT2D eigenvalue weighted by Gasteiger charge is 2.41. The SMILES string of the molecule is CC(=O)CC(CC(=O)OC1CC(C)(C)C(/C=C/C(C)=C/C=C/C(C)=C/C=C/C=C(C)/C=C/C=C(C)/C=C/C2=C(C)C(=O)C(OC(=O)/C=C(/CC(=O)O)C(=O)O)CC2(C)C)=C(C)C1=O)C(=O)O. The van der Waals surface area contributed by atoms with Crippen molar-refractivity contribution in [3.8, 4) is 0 Å². The summed E-state index contributed by atoms with van der Waals surface area (Å²) in [5.74, 6) is -8.47. The van der Waals surface area contributed by atoms with Gasteiger partial charge in [0, 0.05) is 25.3 Å². The Morgan fingerprint density at radius 2 is 1.03 bits per heavy atom. The highest BCUT2D eigenvalue weighted by atomic mass is 16.6. The molecule has 0 aromatic rings. The first-order chi connectivity index (χ1) is 30.6. The molecular formula is C53H64O13. The quantitative estimate of drug-likeness (QED) is 0.0556. The van der Waals surface area contributed by atoms with E-state index in [4.69, 9.17) is 14.6 Å². The van der Waals surface area contributed by atoms with Gasteiger partial charge in [0.25, 0.3) is 0 Å². The van der Waals surface area contributed by atoms with Crippen molar-refractivity contribution in [2.75, 3.05) is 0 Å². The smallest absolute Gasteiger partial charge is 0.332 e. The standard InChI is InChI=1S/C53H64O13/c1-32(18-14-20-34(3)22-24-41-37(6)48(59)43(30-52(41,8)9)65-46(57)28-39(50(61)62)26-36(5)54)16-12-13-17-33(2)19-15-21-35(4)23-25-42-38(7)49(60)44(31-53(42,10)11)66-47(58)29-40(51(63)64)27-45(55)56/h12-25,29,39,43-44H,26-28,30-31H2,1-11H3,(H,55,56)(H,61,62)(H,63,64)/b13-12+,18-14+,19-15+,24-22+,25-23+,32-16+,33-17+,34-20+,35-21+,40-29-. The van der Waals surface area contributed by atoms with Gasteiger partial charge in [-0.1, -0.05) is 135 Å². The monoisotopic (exact) mass is 908 g/mol. The molecule has 3 N–H and O–H groups in total. The summed E-state index contributed by atoms with van der Waals surface area (Å²) in [6, 6.07) is 0. The molecule has 2 aliphatic carbocycles. The molecule has 13 heteroatoms. The van der Waals surface area contributed by atoms with Gasteiger partial charge in [-0.2, -0.15) is 0 Å². The lowest BCUT2D eigenvalue weighted by Gasteiger charge is -2.36. The minimum Gasteiger partial charge on any atom is -0.481 e. The highest BCUT2D eigenvalue weighted by molar-refractivity contribution is 6.04. The Hall–Kier alpha value is -6.76. The predicted molar refractivity (Wildman–Crippen MR) is 252 cm³/mol. The highest BCUT2D eigenvalue weighted by Crippen LogP contribution is 2.42. The van der Waals surface area contributed by atoms with Gasteiger partial charge in [-0.05, 0) is 81.6 Å². The molecule has 2 rings (SSSR count). The summed E-state index contributed by atoms with van der Waals surface area (Å²) in [6.45, 7) is 20.2. The molecular weight excluding hydrogens is 845 g/mol. The van der Waals surface area contributed by atoms with Crippen LogP contribution in [0.4, 0.5) is 0 Å². The molecule has 66 heavy (non-hydrogen) atoms. The van der Waals surface area contributed by atoms with E-state index in [0.29, 0.717) is 17.2 Å². The van der Waals surface area contributed by atoms with Crippen molar-refractivity contribution in [1.82, 2.24) is 0 Å². The molecule has 0 aromatic carbocycles. The number of carboxylic acids is 3. The summed E-state index contributed by atoms with van der Waals surface area (Å²) >= 11 is 0. The van der Waals surface area contributed by atoms with E-state index in [2.05, 4.69) is 0 Å². The van der Waals surface area contributed by atoms with E-state index in [0.717, 1.165) is 33.4 Å². The number of hydrogen-bond acceptors (Lipinski definition) is 10. The van der Waals surface area contributed by atoms with Crippen LogP contribution in [0.25, 0.3) is 0 Å². The zero-order chi connectivity index (χ0) is 50.1. The molecule has 0 amide bonds. The fourth-order valence-electron chi connectivity index (χ4n) is 7.43. The summed E-state index contributed by atoms with van der Waals surface area (Å²) in [7, 11) is 0. The number of allylic oxidation sites excluding steroid dienone is 20. The maximum atomic E-state index is 13.2. The van der Waals surface area contributed by atoms with Crippen molar-refractivity contribution in [3.63, 3.8) is 0 Å². The first-order valence-corrected chi connectivity index (χ1v) is 21.5. The van der Waals surface area contributed by atoms with E-state index in [1.165, 1.54) is 6.92 Å². The van der Waals surface area contributed by atoms with Gasteiger partial charge in [0.2, 0.25) is 0 Å². The molecule has 3 atom stereocenters. The van der Waals surface area contributed by atoms with Crippen molar-refractivity contribution in [2.45, 2.75) is 120 Å². The zero-order valence-electron chi connectivity index (χ0n) is 39.9. The van der Waals surface area contributed by atoms with Gasteiger partial charge < -0.3 is 29.6 Å². The molecule has 0 spiro atoms. The second-order valence-corrected chi connectivity index (χ2v) is 18.0. The summed E-state index contributed by atoms with van der Waals surface area (Å²) in [5, 5.41) is 27.5. The molecule has 354 valence electrons. The third-order valence-electron chi connectivity index (χ3n) is 11.0. The second-order valence-electron chi connectivity index (χ2n) is 18.0. The minimum absolute atomic E-state index is 0.159. The van der Waals surface area contributed by atoms with Crippen LogP contribution in [0.5, 0.6) is 0 Å². The fraction of sp³-hybridized carbons (Fsp3) is 0.396. The van der Waals surface area contributed by atoms with E-state index in [1.807, 2.05) is 140 Å². The van der Waals surface area contributed by atoms with Gasteiger partial charge in [-0.3, -0.25) is 24.0 Å². The molecule has 13 nitrogen and oxygen atoms in total. The van der Waals surface area contributed by atoms with Crippen molar-refractivity contribution >= 4 is 47.2 Å². The number of Topliss-reactive ketones (excluding diaryl/α,β-unsaturated/α-hetero) is 3. The Morgan fingerprint density at radius 3 is 1.42 bits per heavy atom. The van der Waals surface area contributed by atoms with E-state index in [1.54, 1.807) is 13.8 Å². The number of hydrogen-bond donors (Lipinski definition) is 3. The van der Waals surface area contributed by atoms with Crippen LogP contribution in [-0.2, 0) is 47.8 Å². The largest absolute Gasteiger partial charge is 0.481 e. The normalized spacial score (nSPS) is 20.6. The maximum Gasteiger partial charge on any atom is 0.332 e. The van der Waals surface area contributed by atoms with Gasteiger partial charge in [0.05, 0.1) is 24.3 Å². The Balaban J connectivity index is 2.02. The van der Waals surface area contributed by atoms with Crippen molar-refractivity contribution in [2.24, 2.45) is 16.7 Å². The second kappa shape index (κ2) is 25.1. The summed E-state index contributed by atoms with van der Waals surface area (Å²) in [4.78, 5) is 96.5. The molecule has 0 bridgehead atoms. The Morgan fingerprint density at radius 1 is 0.621 bits per heavy atom. The third-order valence-corrected chi connectivity index (χ3v) is 11.0. The molecule has 0 fully saturated rings. The number of ketones is 3. The molecule has 2 aliphatic rings. The average molecular weight is 909 g/mol. The molecule has 3 unspecified atom stereocenters. The number of esters is 2. The summed E-state index contributed by atoms with van der Waals surface area (Å²) in [6.07, 6.45) is 24.2. The van der Waals surface area contributed by atoms with Gasteiger partial charge >= 0.3 is 29.8 Å². The van der Waals surface area contributed by atoms with Crippen LogP contribution in [0.2, 0.25) is 0 Å². The van der Waals surface area contributed by atoms with Gasteiger partial charge in [0.15, 0.2) is 23.8 Å². The average Bonchev–Trinajstić information content (AvgIpc) is 3.19. The van der Waals surface area contributed by atoms with Gasteiger partial charge in [0.1, 0.15) is 5.78 Å². The summed E-state index contributed by atoms with van der Waals surface area (Å²) in [5.41, 5.74) is 4.64. The van der Waals surface area contributed by atoms with Crippen LogP contribution < -0.4 is 0 Å². The van der Waals surface area contributed by atoms with Crippen molar-refractivity contribution in [3.05, 3.63) is 141 Å². The molecule has 0 radical (unpaired) electrons. The Kier molecular flexibility index (Phi) is 21.0. The molecule has 0 saturated carbocycles. The van der Waals surface area contributed by atoms with E-state index < -0.39 is 83.0 Å². The topological polar surface area (TPSA) is 216 Å². The van der Waals surface area contributed by atoms with E-state index in [9.17, 15) is 48.6 Å². The van der Waals surface area contributed by atoms with E-state index >= 15 is 0 Å². The van der Waals surface area contributed by atoms with Crippen LogP contribution in [-0.4, -0.2) is 74.7 Å². The fourth-order valence-corrected chi connectivity index (χ4v) is 7.43. The number of rotatable bonds is 21. The lowest BCUT2D eigenvalue weighted by molar-refractivity contribution is -0.160. The third kappa shape index (κ3) is 18.0. The van der Waals surface area contributed by atoms with Crippen LogP contribution in [0.1, 0.15) is 108 Å². The Labute approximate surface area is 387 Å². The number of carbonyl (C=O) groups excluding carboxylic acids is 5. The van der Waals surface area contributed by atoms with Gasteiger partial charge in [-0.25, -0.2) is 9.59 Å². The number of carboxylic acid groups (broad SMARTS) is 3. The summed E-state index contributed by atoms with van der Waals surface area (Å²) < 4.78 is 10.7. The van der Waals surface area contributed by atoms with Crippen molar-refractivity contribution < 1.29 is 63.1 Å². The first-order valence-electron chi connectivity index (χ1n) is 21.5. The van der Waals surface area contributed by atoms with Crippen LogP contribution in [0.15, 0.2) is 141 Å². The lowest BCUT2D eigenvalue weighted by Crippen LogP contribution is -2.39. The van der Waals surface area contributed by atoms with Crippen LogP contribution in [0.3, 0.4) is 0 Å². The number of ether oxygens (including phenoxy) is 2. The van der Waals surface area contributed by atoms with Crippen LogP contribution in [0, 0.1) is 16.7 Å². The van der Waals surface area contributed by atoms with Crippen LogP contribution >= 0.6 is 0 Å². The molecule has 0 aromatic heterocycles. The lowest BCUT2D eigenvalue weighted by atomic mass is 9.71. The zero-order valence-corrected chi connectivity index (χ0v) is 39.9. The minimum atomic E-state index is -1.56. The predicted octanol–water partition coefficient (Wildman–Crippen LogP) is 9.56.